The molecule has 0 aromatic rings. The van der Waals surface area contributed by atoms with Crippen molar-refractivity contribution < 1.29 is 15.3 Å². The van der Waals surface area contributed by atoms with Crippen molar-refractivity contribution in [3.8, 4) is 0 Å². The van der Waals surface area contributed by atoms with Crippen LogP contribution in [0.5, 0.6) is 0 Å². The quantitative estimate of drug-likeness (QED) is 0.662. The van der Waals surface area contributed by atoms with Crippen molar-refractivity contribution in [3.63, 3.8) is 0 Å². The van der Waals surface area contributed by atoms with E-state index in [0.717, 1.165) is 29.9 Å². The van der Waals surface area contributed by atoms with E-state index < -0.39 is 12.2 Å². The van der Waals surface area contributed by atoms with Gasteiger partial charge in [-0.2, -0.15) is 0 Å². The third-order valence-corrected chi connectivity index (χ3v) is 7.81. The van der Waals surface area contributed by atoms with Gasteiger partial charge in [0, 0.05) is 13.0 Å². The van der Waals surface area contributed by atoms with Crippen LogP contribution < -0.4 is 0 Å². The predicted octanol–water partition coefficient (Wildman–Crippen LogP) is 4.54. The maximum atomic E-state index is 10.1. The molecule has 0 spiro atoms. The van der Waals surface area contributed by atoms with Gasteiger partial charge in [0.2, 0.25) is 0 Å². The van der Waals surface area contributed by atoms with Crippen molar-refractivity contribution in [1.29, 1.82) is 0 Å². The number of allylic oxidation sites excluding steroid dienone is 3. The van der Waals surface area contributed by atoms with Gasteiger partial charge in [-0.1, -0.05) is 38.2 Å². The van der Waals surface area contributed by atoms with Crippen LogP contribution in [0.4, 0.5) is 0 Å². The van der Waals surface area contributed by atoms with Gasteiger partial charge >= 0.3 is 0 Å². The minimum Gasteiger partial charge on any atom is -0.396 e. The fraction of sp³-hybridized carbons (Fsp3) is 0.750. The lowest BCUT2D eigenvalue weighted by atomic mass is 9.60. The summed E-state index contributed by atoms with van der Waals surface area (Å²) in [5.74, 6) is 2.07. The summed E-state index contributed by atoms with van der Waals surface area (Å²) in [6.45, 7) is 9.22. The van der Waals surface area contributed by atoms with Gasteiger partial charge in [0.25, 0.3) is 0 Å². The van der Waals surface area contributed by atoms with E-state index >= 15 is 0 Å². The molecule has 3 aliphatic rings. The van der Waals surface area contributed by atoms with Crippen molar-refractivity contribution in [1.82, 2.24) is 0 Å². The van der Waals surface area contributed by atoms with Crippen LogP contribution in [0.2, 0.25) is 0 Å². The van der Waals surface area contributed by atoms with Gasteiger partial charge in [0.15, 0.2) is 0 Å². The van der Waals surface area contributed by atoms with Crippen LogP contribution in [0, 0.1) is 23.2 Å². The maximum absolute atomic E-state index is 10.1. The number of rotatable bonds is 5. The topological polar surface area (TPSA) is 60.7 Å². The van der Waals surface area contributed by atoms with Gasteiger partial charge in [0.1, 0.15) is 0 Å². The van der Waals surface area contributed by atoms with Gasteiger partial charge in [0.05, 0.1) is 12.2 Å². The zero-order valence-corrected chi connectivity index (χ0v) is 17.2. The molecule has 0 heterocycles. The van der Waals surface area contributed by atoms with Crippen molar-refractivity contribution in [2.24, 2.45) is 23.2 Å². The molecule has 3 rings (SSSR count). The Morgan fingerprint density at radius 1 is 1.26 bits per heavy atom. The Hall–Kier alpha value is -0.900. The summed E-state index contributed by atoms with van der Waals surface area (Å²) in [5.41, 5.74) is 3.71. The summed E-state index contributed by atoms with van der Waals surface area (Å²) in [4.78, 5) is 0. The highest BCUT2D eigenvalue weighted by Gasteiger charge is 2.50. The average molecular weight is 375 g/mol. The predicted molar refractivity (Wildman–Crippen MR) is 110 cm³/mol. The monoisotopic (exact) mass is 374 g/mol. The number of hydrogen-bond acceptors (Lipinski definition) is 3. The minimum absolute atomic E-state index is 0.303. The Balaban J connectivity index is 1.77. The van der Waals surface area contributed by atoms with Gasteiger partial charge in [-0.25, -0.2) is 0 Å². The first-order valence-corrected chi connectivity index (χ1v) is 10.9. The third kappa shape index (κ3) is 4.26. The Kier molecular flexibility index (Phi) is 6.66. The van der Waals surface area contributed by atoms with Gasteiger partial charge in [-0.05, 0) is 85.7 Å². The molecule has 0 aromatic heterocycles. The fourth-order valence-electron chi connectivity index (χ4n) is 6.29. The van der Waals surface area contributed by atoms with E-state index in [-0.39, 0.29) is 0 Å². The summed E-state index contributed by atoms with van der Waals surface area (Å²) in [6.07, 6.45) is 12.7. The Labute approximate surface area is 164 Å². The van der Waals surface area contributed by atoms with Crippen LogP contribution in [-0.2, 0) is 0 Å². The van der Waals surface area contributed by atoms with Gasteiger partial charge in [-0.15, -0.1) is 0 Å². The standard InChI is InChI=1S/C24H38O3/c1-16(6-5-13-25)21-10-11-22-18(7-4-12-24(21,22)3)8-9-19-14-20(26)15-23(27)17(19)2/h8-9,16,20-23,25-27H,2,4-7,10-15H2,1,3H3/b18-8+,19-9-/t16?,20-,21?,22+,23+,24-/m1/s1. The van der Waals surface area contributed by atoms with E-state index in [1.165, 1.54) is 32.1 Å². The largest absolute Gasteiger partial charge is 0.396 e. The van der Waals surface area contributed by atoms with E-state index in [0.29, 0.717) is 36.7 Å². The van der Waals surface area contributed by atoms with Crippen molar-refractivity contribution in [2.75, 3.05) is 6.61 Å². The average Bonchev–Trinajstić information content (AvgIpc) is 2.99. The highest BCUT2D eigenvalue weighted by atomic mass is 16.3. The van der Waals surface area contributed by atoms with Gasteiger partial charge in [-0.3, -0.25) is 0 Å². The van der Waals surface area contributed by atoms with Crippen LogP contribution in [0.3, 0.4) is 0 Å². The first-order chi connectivity index (χ1) is 12.9. The summed E-state index contributed by atoms with van der Waals surface area (Å²) >= 11 is 0. The molecular formula is C24H38O3. The molecule has 0 saturated heterocycles. The highest BCUT2D eigenvalue weighted by Crippen LogP contribution is 2.59. The van der Waals surface area contributed by atoms with Crippen LogP contribution in [0.25, 0.3) is 0 Å². The maximum Gasteiger partial charge on any atom is 0.0811 e. The van der Waals surface area contributed by atoms with E-state index in [9.17, 15) is 15.3 Å². The number of aliphatic hydroxyl groups is 3. The Morgan fingerprint density at radius 3 is 2.78 bits per heavy atom. The lowest BCUT2D eigenvalue weighted by molar-refractivity contribution is 0.0861. The van der Waals surface area contributed by atoms with Crippen LogP contribution in [0.1, 0.15) is 71.6 Å². The molecule has 0 radical (unpaired) electrons. The lowest BCUT2D eigenvalue weighted by Gasteiger charge is -2.44. The first-order valence-electron chi connectivity index (χ1n) is 10.9. The highest BCUT2D eigenvalue weighted by molar-refractivity contribution is 5.38. The number of fused-ring (bicyclic) bond motifs is 1. The SMILES string of the molecule is C=C1/C(=C\C=C2/CCC[C@]3(C)C(C(C)CCCO)CC[C@@H]23)C[C@@H](O)C[C@@H]1O. The minimum atomic E-state index is -0.613. The normalized spacial score (nSPS) is 41.1. The molecule has 3 fully saturated rings. The summed E-state index contributed by atoms with van der Waals surface area (Å²) in [6, 6.07) is 0. The molecule has 3 nitrogen and oxygen atoms in total. The molecular weight excluding hydrogens is 336 g/mol. The van der Waals surface area contributed by atoms with Crippen molar-refractivity contribution in [2.45, 2.75) is 83.8 Å². The molecule has 3 saturated carbocycles. The first kappa shape index (κ1) is 20.8. The van der Waals surface area contributed by atoms with E-state index in [1.54, 1.807) is 5.57 Å². The van der Waals surface area contributed by atoms with Crippen molar-refractivity contribution >= 4 is 0 Å². The molecule has 3 heteroatoms. The Bertz CT molecular complexity index is 605. The molecule has 27 heavy (non-hydrogen) atoms. The van der Waals surface area contributed by atoms with Crippen LogP contribution in [-0.4, -0.2) is 34.1 Å². The third-order valence-electron chi connectivity index (χ3n) is 7.81. The molecule has 3 N–H and O–H groups in total. The molecule has 0 aliphatic heterocycles. The zero-order valence-electron chi connectivity index (χ0n) is 17.2. The molecule has 152 valence electrons. The molecule has 2 unspecified atom stereocenters. The van der Waals surface area contributed by atoms with Crippen LogP contribution >= 0.6 is 0 Å². The second-order valence-corrected chi connectivity index (χ2v) is 9.51. The number of hydrogen-bond donors (Lipinski definition) is 3. The van der Waals surface area contributed by atoms with Crippen LogP contribution in [0.15, 0.2) is 35.5 Å². The summed E-state index contributed by atoms with van der Waals surface area (Å²) in [5, 5.41) is 29.2. The second kappa shape index (κ2) is 8.63. The molecule has 6 atom stereocenters. The summed E-state index contributed by atoms with van der Waals surface area (Å²) < 4.78 is 0. The molecule has 0 bridgehead atoms. The van der Waals surface area contributed by atoms with Gasteiger partial charge < -0.3 is 15.3 Å². The Morgan fingerprint density at radius 2 is 2.04 bits per heavy atom. The van der Waals surface area contributed by atoms with E-state index in [4.69, 9.17) is 0 Å². The second-order valence-electron chi connectivity index (χ2n) is 9.51. The van der Waals surface area contributed by atoms with E-state index in [1.807, 2.05) is 0 Å². The fourth-order valence-corrected chi connectivity index (χ4v) is 6.29. The smallest absolute Gasteiger partial charge is 0.0811 e. The van der Waals surface area contributed by atoms with Crippen molar-refractivity contribution in [3.05, 3.63) is 35.5 Å². The molecule has 0 amide bonds. The van der Waals surface area contributed by atoms with E-state index in [2.05, 4.69) is 32.6 Å². The number of aliphatic hydroxyl groups excluding tert-OH is 3. The lowest BCUT2D eigenvalue weighted by Crippen LogP contribution is -2.36. The molecule has 0 aromatic carbocycles. The zero-order chi connectivity index (χ0) is 19.6. The molecule has 3 aliphatic carbocycles. The summed E-state index contributed by atoms with van der Waals surface area (Å²) in [7, 11) is 0.